The predicted octanol–water partition coefficient (Wildman–Crippen LogP) is 6.36. The average molecular weight is 359 g/mol. The van der Waals surface area contributed by atoms with Gasteiger partial charge in [-0.25, -0.2) is 4.39 Å². The first kappa shape index (κ1) is 17.3. The first-order chi connectivity index (χ1) is 13.2. The lowest BCUT2D eigenvalue weighted by Crippen LogP contribution is -2.08. The molecule has 4 rings (SSSR count). The van der Waals surface area contributed by atoms with Crippen LogP contribution in [0.5, 0.6) is 5.75 Å². The first-order valence-electron chi connectivity index (χ1n) is 9.27. The Hall–Kier alpha value is -3.07. The lowest BCUT2D eigenvalue weighted by atomic mass is 10.0. The van der Waals surface area contributed by atoms with E-state index in [1.807, 2.05) is 30.3 Å². The molecular weight excluding hydrogens is 337 g/mol. The number of fused-ring (bicyclic) bond motifs is 1. The van der Waals surface area contributed by atoms with E-state index in [0.717, 1.165) is 34.2 Å². The first-order valence-corrected chi connectivity index (χ1v) is 9.27. The van der Waals surface area contributed by atoms with Gasteiger partial charge in [-0.15, -0.1) is 0 Å². The standard InChI is InChI=1S/C24H22FNO/c1-2-23(19-9-6-10-21(25)15-19)26-14-13-20-16-22(11-12-24(20)26)27-17-18-7-4-3-5-8-18/h3-16,23H,2,17H2,1H3. The zero-order valence-corrected chi connectivity index (χ0v) is 15.3. The molecule has 3 aromatic carbocycles. The Morgan fingerprint density at radius 1 is 0.926 bits per heavy atom. The molecule has 4 aromatic rings. The summed E-state index contributed by atoms with van der Waals surface area (Å²) >= 11 is 0. The third-order valence-electron chi connectivity index (χ3n) is 4.90. The molecule has 0 amide bonds. The van der Waals surface area contributed by atoms with Crippen LogP contribution in [0.1, 0.15) is 30.5 Å². The van der Waals surface area contributed by atoms with Gasteiger partial charge in [0, 0.05) is 17.1 Å². The van der Waals surface area contributed by atoms with Crippen LogP contribution in [0.3, 0.4) is 0 Å². The van der Waals surface area contributed by atoms with Crippen molar-refractivity contribution >= 4 is 10.9 Å². The predicted molar refractivity (Wildman–Crippen MR) is 108 cm³/mol. The highest BCUT2D eigenvalue weighted by molar-refractivity contribution is 5.82. The molecule has 0 N–H and O–H groups in total. The molecule has 3 heteroatoms. The van der Waals surface area contributed by atoms with E-state index < -0.39 is 0 Å². The Morgan fingerprint density at radius 2 is 1.78 bits per heavy atom. The third kappa shape index (κ3) is 3.72. The summed E-state index contributed by atoms with van der Waals surface area (Å²) in [5, 5.41) is 1.12. The van der Waals surface area contributed by atoms with Crippen LogP contribution in [0.15, 0.2) is 85.1 Å². The summed E-state index contributed by atoms with van der Waals surface area (Å²) in [6, 6.07) is 25.3. The van der Waals surface area contributed by atoms with Crippen LogP contribution in [-0.2, 0) is 6.61 Å². The van der Waals surface area contributed by atoms with E-state index in [1.165, 1.54) is 6.07 Å². The lowest BCUT2D eigenvalue weighted by Gasteiger charge is -2.19. The van der Waals surface area contributed by atoms with Gasteiger partial charge in [-0.2, -0.15) is 0 Å². The molecule has 136 valence electrons. The van der Waals surface area contributed by atoms with E-state index in [4.69, 9.17) is 4.74 Å². The van der Waals surface area contributed by atoms with Crippen LogP contribution in [0, 0.1) is 5.82 Å². The highest BCUT2D eigenvalue weighted by atomic mass is 19.1. The highest BCUT2D eigenvalue weighted by Crippen LogP contribution is 2.30. The summed E-state index contributed by atoms with van der Waals surface area (Å²) in [5.74, 6) is 0.655. The van der Waals surface area contributed by atoms with Crippen molar-refractivity contribution in [3.05, 3.63) is 102 Å². The van der Waals surface area contributed by atoms with E-state index in [9.17, 15) is 4.39 Å². The number of aromatic nitrogens is 1. The molecule has 0 saturated heterocycles. The SMILES string of the molecule is CCC(c1cccc(F)c1)n1ccc2cc(OCc3ccccc3)ccc21. The maximum Gasteiger partial charge on any atom is 0.123 e. The third-order valence-corrected chi connectivity index (χ3v) is 4.90. The van der Waals surface area contributed by atoms with Gasteiger partial charge in [0.25, 0.3) is 0 Å². The van der Waals surface area contributed by atoms with Crippen molar-refractivity contribution < 1.29 is 9.13 Å². The zero-order chi connectivity index (χ0) is 18.6. The number of benzene rings is 3. The maximum atomic E-state index is 13.7. The second-order valence-corrected chi connectivity index (χ2v) is 6.70. The molecule has 27 heavy (non-hydrogen) atoms. The number of halogens is 1. The largest absolute Gasteiger partial charge is 0.489 e. The number of hydrogen-bond donors (Lipinski definition) is 0. The Labute approximate surface area is 158 Å². The van der Waals surface area contributed by atoms with Gasteiger partial charge in [-0.1, -0.05) is 49.4 Å². The monoisotopic (exact) mass is 359 g/mol. The van der Waals surface area contributed by atoms with Crippen LogP contribution in [-0.4, -0.2) is 4.57 Å². The summed E-state index contributed by atoms with van der Waals surface area (Å²) in [6.07, 6.45) is 2.96. The molecule has 0 spiro atoms. The smallest absolute Gasteiger partial charge is 0.123 e. The molecule has 1 heterocycles. The minimum atomic E-state index is -0.195. The highest BCUT2D eigenvalue weighted by Gasteiger charge is 2.14. The van der Waals surface area contributed by atoms with Crippen molar-refractivity contribution in [2.75, 3.05) is 0 Å². The van der Waals surface area contributed by atoms with Crippen molar-refractivity contribution in [3.8, 4) is 5.75 Å². The Morgan fingerprint density at radius 3 is 2.56 bits per heavy atom. The summed E-state index contributed by atoms with van der Waals surface area (Å²) in [7, 11) is 0. The van der Waals surface area contributed by atoms with Gasteiger partial charge in [-0.05, 0) is 53.9 Å². The Bertz CT molecular complexity index is 1040. The van der Waals surface area contributed by atoms with Crippen LogP contribution in [0.4, 0.5) is 4.39 Å². The van der Waals surface area contributed by atoms with Gasteiger partial charge in [0.15, 0.2) is 0 Å². The fourth-order valence-corrected chi connectivity index (χ4v) is 3.55. The van der Waals surface area contributed by atoms with Crippen molar-refractivity contribution in [1.29, 1.82) is 0 Å². The van der Waals surface area contributed by atoms with E-state index in [-0.39, 0.29) is 11.9 Å². The quantitative estimate of drug-likeness (QED) is 0.391. The van der Waals surface area contributed by atoms with Crippen LogP contribution < -0.4 is 4.74 Å². The Kier molecular flexibility index (Phi) is 4.93. The van der Waals surface area contributed by atoms with Gasteiger partial charge in [0.1, 0.15) is 18.2 Å². The molecule has 0 bridgehead atoms. The summed E-state index contributed by atoms with van der Waals surface area (Å²) in [4.78, 5) is 0. The molecule has 0 aliphatic rings. The van der Waals surface area contributed by atoms with E-state index in [2.05, 4.69) is 48.0 Å². The van der Waals surface area contributed by atoms with Gasteiger partial charge < -0.3 is 9.30 Å². The second-order valence-electron chi connectivity index (χ2n) is 6.70. The van der Waals surface area contributed by atoms with Crippen molar-refractivity contribution in [1.82, 2.24) is 4.57 Å². The van der Waals surface area contributed by atoms with Crippen LogP contribution in [0.2, 0.25) is 0 Å². The summed E-state index contributed by atoms with van der Waals surface area (Å²) in [5.41, 5.74) is 3.25. The zero-order valence-electron chi connectivity index (χ0n) is 15.3. The van der Waals surface area contributed by atoms with Crippen LogP contribution in [0.25, 0.3) is 10.9 Å². The van der Waals surface area contributed by atoms with Crippen molar-refractivity contribution in [3.63, 3.8) is 0 Å². The molecule has 0 radical (unpaired) electrons. The molecular formula is C24H22FNO. The number of ether oxygens (including phenoxy) is 1. The average Bonchev–Trinajstić information content (AvgIpc) is 3.11. The number of nitrogens with zero attached hydrogens (tertiary/aromatic N) is 1. The molecule has 1 atom stereocenters. The maximum absolute atomic E-state index is 13.7. The van der Waals surface area contributed by atoms with Gasteiger partial charge in [0.2, 0.25) is 0 Å². The fourth-order valence-electron chi connectivity index (χ4n) is 3.55. The van der Waals surface area contributed by atoms with Crippen molar-refractivity contribution in [2.45, 2.75) is 26.0 Å². The molecule has 1 unspecified atom stereocenters. The van der Waals surface area contributed by atoms with E-state index in [1.54, 1.807) is 12.1 Å². The van der Waals surface area contributed by atoms with Gasteiger partial charge >= 0.3 is 0 Å². The fraction of sp³-hybridized carbons (Fsp3) is 0.167. The summed E-state index contributed by atoms with van der Waals surface area (Å²) in [6.45, 7) is 2.67. The number of rotatable bonds is 6. The second kappa shape index (κ2) is 7.67. The summed E-state index contributed by atoms with van der Waals surface area (Å²) < 4.78 is 21.8. The lowest BCUT2D eigenvalue weighted by molar-refractivity contribution is 0.306. The Balaban J connectivity index is 1.60. The molecule has 0 saturated carbocycles. The van der Waals surface area contributed by atoms with Gasteiger partial charge in [0.05, 0.1) is 6.04 Å². The van der Waals surface area contributed by atoms with E-state index in [0.29, 0.717) is 6.61 Å². The molecule has 0 aliphatic carbocycles. The van der Waals surface area contributed by atoms with Crippen LogP contribution >= 0.6 is 0 Å². The van der Waals surface area contributed by atoms with Gasteiger partial charge in [-0.3, -0.25) is 0 Å². The van der Waals surface area contributed by atoms with Crippen molar-refractivity contribution in [2.24, 2.45) is 0 Å². The minimum absolute atomic E-state index is 0.106. The molecule has 0 fully saturated rings. The molecule has 2 nitrogen and oxygen atoms in total. The minimum Gasteiger partial charge on any atom is -0.489 e. The van der Waals surface area contributed by atoms with E-state index >= 15 is 0 Å². The topological polar surface area (TPSA) is 14.2 Å². The normalized spacial score (nSPS) is 12.2. The number of hydrogen-bond acceptors (Lipinski definition) is 1. The molecule has 0 aliphatic heterocycles. The molecule has 1 aromatic heterocycles.